The molecule has 1 heterocycles. The summed E-state index contributed by atoms with van der Waals surface area (Å²) in [5.74, 6) is 1.59. The lowest BCUT2D eigenvalue weighted by molar-refractivity contribution is 0.138. The fourth-order valence-electron chi connectivity index (χ4n) is 3.01. The van der Waals surface area contributed by atoms with Gasteiger partial charge in [-0.25, -0.2) is 0 Å². The van der Waals surface area contributed by atoms with Crippen molar-refractivity contribution in [2.75, 3.05) is 20.3 Å². The summed E-state index contributed by atoms with van der Waals surface area (Å²) < 4.78 is 16.8. The molecule has 1 saturated carbocycles. The highest BCUT2D eigenvalue weighted by atomic mass is 16.6. The van der Waals surface area contributed by atoms with Crippen LogP contribution in [-0.4, -0.2) is 32.5 Å². The summed E-state index contributed by atoms with van der Waals surface area (Å²) in [4.78, 5) is 0. The molecule has 1 aromatic rings. The van der Waals surface area contributed by atoms with Crippen molar-refractivity contribution in [1.82, 2.24) is 0 Å². The Labute approximate surface area is 120 Å². The Hall–Kier alpha value is -1.26. The fraction of sp³-hybridized carbons (Fsp3) is 0.625. The Balaban J connectivity index is 1.86. The van der Waals surface area contributed by atoms with E-state index in [1.54, 1.807) is 7.11 Å². The standard InChI is InChI=1S/C16H23NO3/c1-11(17)16(6-7-16)12-3-4-14(18-2)15(9-12)20-13-5-8-19-10-13/h3-4,9,11,13H,5-8,10,17H2,1-2H3. The zero-order chi connectivity index (χ0) is 14.2. The van der Waals surface area contributed by atoms with Gasteiger partial charge in [0.25, 0.3) is 0 Å². The molecular formula is C16H23NO3. The van der Waals surface area contributed by atoms with Gasteiger partial charge < -0.3 is 19.9 Å². The third-order valence-electron chi connectivity index (χ3n) is 4.58. The molecule has 20 heavy (non-hydrogen) atoms. The van der Waals surface area contributed by atoms with Crippen LogP contribution in [0, 0.1) is 0 Å². The van der Waals surface area contributed by atoms with Crippen LogP contribution in [-0.2, 0) is 10.2 Å². The Morgan fingerprint density at radius 2 is 2.15 bits per heavy atom. The lowest BCUT2D eigenvalue weighted by atomic mass is 9.89. The Kier molecular flexibility index (Phi) is 3.61. The second-order valence-electron chi connectivity index (χ2n) is 5.91. The SMILES string of the molecule is COc1ccc(C2(C(C)N)CC2)cc1OC1CCOC1. The van der Waals surface area contributed by atoms with Crippen LogP contribution in [0.25, 0.3) is 0 Å². The van der Waals surface area contributed by atoms with Crippen LogP contribution in [0.1, 0.15) is 31.7 Å². The van der Waals surface area contributed by atoms with Gasteiger partial charge in [0.15, 0.2) is 11.5 Å². The summed E-state index contributed by atoms with van der Waals surface area (Å²) in [5.41, 5.74) is 7.56. The molecule has 1 saturated heterocycles. The average Bonchev–Trinajstić information content (AvgIpc) is 3.12. The average molecular weight is 277 g/mol. The molecule has 0 spiro atoms. The van der Waals surface area contributed by atoms with E-state index in [0.29, 0.717) is 6.61 Å². The van der Waals surface area contributed by atoms with Crippen molar-refractivity contribution < 1.29 is 14.2 Å². The van der Waals surface area contributed by atoms with Gasteiger partial charge in [-0.1, -0.05) is 6.07 Å². The van der Waals surface area contributed by atoms with Crippen LogP contribution >= 0.6 is 0 Å². The molecule has 2 aliphatic rings. The molecule has 4 nitrogen and oxygen atoms in total. The number of hydrogen-bond donors (Lipinski definition) is 1. The molecule has 4 heteroatoms. The first-order valence-electron chi connectivity index (χ1n) is 7.34. The van der Waals surface area contributed by atoms with Crippen molar-refractivity contribution >= 4 is 0 Å². The topological polar surface area (TPSA) is 53.7 Å². The first-order valence-corrected chi connectivity index (χ1v) is 7.34. The first-order chi connectivity index (χ1) is 9.65. The summed E-state index contributed by atoms with van der Waals surface area (Å²) in [6.45, 7) is 3.52. The molecule has 2 atom stereocenters. The van der Waals surface area contributed by atoms with Crippen LogP contribution in [0.15, 0.2) is 18.2 Å². The molecule has 2 fully saturated rings. The zero-order valence-electron chi connectivity index (χ0n) is 12.2. The number of nitrogens with two attached hydrogens (primary N) is 1. The Morgan fingerprint density at radius 1 is 1.35 bits per heavy atom. The number of benzene rings is 1. The van der Waals surface area contributed by atoms with Crippen LogP contribution in [0.3, 0.4) is 0 Å². The van der Waals surface area contributed by atoms with Crippen molar-refractivity contribution in [3.05, 3.63) is 23.8 Å². The van der Waals surface area contributed by atoms with Crippen molar-refractivity contribution in [3.63, 3.8) is 0 Å². The summed E-state index contributed by atoms with van der Waals surface area (Å²) in [7, 11) is 1.67. The van der Waals surface area contributed by atoms with Gasteiger partial charge in [-0.3, -0.25) is 0 Å². The maximum atomic E-state index is 6.16. The van der Waals surface area contributed by atoms with Gasteiger partial charge >= 0.3 is 0 Å². The maximum Gasteiger partial charge on any atom is 0.161 e. The predicted molar refractivity (Wildman–Crippen MR) is 77.4 cm³/mol. The molecule has 1 aliphatic carbocycles. The van der Waals surface area contributed by atoms with Crippen molar-refractivity contribution in [1.29, 1.82) is 0 Å². The number of ether oxygens (including phenoxy) is 3. The molecule has 1 aliphatic heterocycles. The summed E-state index contributed by atoms with van der Waals surface area (Å²) in [6, 6.07) is 6.38. The zero-order valence-corrected chi connectivity index (χ0v) is 12.2. The molecular weight excluding hydrogens is 254 g/mol. The van der Waals surface area contributed by atoms with E-state index in [4.69, 9.17) is 19.9 Å². The number of rotatable bonds is 5. The van der Waals surface area contributed by atoms with Crippen LogP contribution in [0.4, 0.5) is 0 Å². The highest BCUT2D eigenvalue weighted by Crippen LogP contribution is 2.51. The molecule has 110 valence electrons. The molecule has 0 aromatic heterocycles. The molecule has 0 radical (unpaired) electrons. The molecule has 1 aromatic carbocycles. The van der Waals surface area contributed by atoms with E-state index in [2.05, 4.69) is 19.1 Å². The van der Waals surface area contributed by atoms with Crippen molar-refractivity contribution in [2.45, 2.75) is 43.7 Å². The van der Waals surface area contributed by atoms with Gasteiger partial charge in [-0.2, -0.15) is 0 Å². The number of methoxy groups -OCH3 is 1. The highest BCUT2D eigenvalue weighted by molar-refractivity contribution is 5.47. The minimum atomic E-state index is 0.129. The molecule has 2 unspecified atom stereocenters. The second-order valence-corrected chi connectivity index (χ2v) is 5.91. The van der Waals surface area contributed by atoms with Crippen LogP contribution in [0.5, 0.6) is 11.5 Å². The molecule has 0 bridgehead atoms. The van der Waals surface area contributed by atoms with Gasteiger partial charge in [-0.15, -0.1) is 0 Å². The lowest BCUT2D eigenvalue weighted by Crippen LogP contribution is -2.31. The summed E-state index contributed by atoms with van der Waals surface area (Å²) in [5, 5.41) is 0. The van der Waals surface area contributed by atoms with E-state index in [1.807, 2.05) is 6.07 Å². The third-order valence-corrected chi connectivity index (χ3v) is 4.58. The molecule has 3 rings (SSSR count). The van der Waals surface area contributed by atoms with Gasteiger partial charge in [0, 0.05) is 17.9 Å². The quantitative estimate of drug-likeness (QED) is 0.897. The monoisotopic (exact) mass is 277 g/mol. The van der Waals surface area contributed by atoms with E-state index >= 15 is 0 Å². The minimum absolute atomic E-state index is 0.129. The van der Waals surface area contributed by atoms with Crippen molar-refractivity contribution in [2.24, 2.45) is 5.73 Å². The Morgan fingerprint density at radius 3 is 2.70 bits per heavy atom. The molecule has 0 amide bonds. The van der Waals surface area contributed by atoms with Gasteiger partial charge in [0.1, 0.15) is 6.10 Å². The van der Waals surface area contributed by atoms with E-state index in [0.717, 1.165) is 37.4 Å². The third kappa shape index (κ3) is 2.38. The largest absolute Gasteiger partial charge is 0.493 e. The summed E-state index contributed by atoms with van der Waals surface area (Å²) in [6.07, 6.45) is 3.38. The maximum absolute atomic E-state index is 6.16. The minimum Gasteiger partial charge on any atom is -0.493 e. The summed E-state index contributed by atoms with van der Waals surface area (Å²) >= 11 is 0. The van der Waals surface area contributed by atoms with Gasteiger partial charge in [0.05, 0.1) is 20.3 Å². The second kappa shape index (κ2) is 5.26. The van der Waals surface area contributed by atoms with E-state index in [-0.39, 0.29) is 17.6 Å². The van der Waals surface area contributed by atoms with E-state index in [1.165, 1.54) is 5.56 Å². The van der Waals surface area contributed by atoms with E-state index < -0.39 is 0 Å². The number of hydrogen-bond acceptors (Lipinski definition) is 4. The van der Waals surface area contributed by atoms with Crippen LogP contribution in [0.2, 0.25) is 0 Å². The highest BCUT2D eigenvalue weighted by Gasteiger charge is 2.47. The smallest absolute Gasteiger partial charge is 0.161 e. The normalized spacial score (nSPS) is 25.2. The predicted octanol–water partition coefficient (Wildman–Crippen LogP) is 2.24. The molecule has 2 N–H and O–H groups in total. The first kappa shape index (κ1) is 13.7. The van der Waals surface area contributed by atoms with Gasteiger partial charge in [-0.05, 0) is 37.5 Å². The van der Waals surface area contributed by atoms with Gasteiger partial charge in [0.2, 0.25) is 0 Å². The Bertz CT molecular complexity index is 477. The fourth-order valence-corrected chi connectivity index (χ4v) is 3.01. The lowest BCUT2D eigenvalue weighted by Gasteiger charge is -2.22. The van der Waals surface area contributed by atoms with Crippen molar-refractivity contribution in [3.8, 4) is 11.5 Å². The van der Waals surface area contributed by atoms with Crippen LogP contribution < -0.4 is 15.2 Å². The van der Waals surface area contributed by atoms with E-state index in [9.17, 15) is 0 Å².